The number of fused-ring (bicyclic) bond motifs is 1. The third kappa shape index (κ3) is 2.77. The topological polar surface area (TPSA) is 69.0 Å². The number of hydrogen-bond acceptors (Lipinski definition) is 4. The second-order valence-corrected chi connectivity index (χ2v) is 7.31. The average molecular weight is 328 g/mol. The Hall–Kier alpha value is -2.47. The van der Waals surface area contributed by atoms with Crippen molar-refractivity contribution in [1.82, 2.24) is 9.55 Å². The van der Waals surface area contributed by atoms with Crippen LogP contribution in [0.1, 0.15) is 6.92 Å². The first-order valence-corrected chi connectivity index (χ1v) is 9.11. The number of aryl methyl sites for hydroxylation is 1. The number of benzene rings is 2. The molecular weight excluding hydrogens is 312 g/mol. The van der Waals surface area contributed by atoms with Gasteiger partial charge in [0.25, 0.3) is 5.56 Å². The summed E-state index contributed by atoms with van der Waals surface area (Å²) in [5.74, 6) is 0. The molecule has 0 fully saturated rings. The highest BCUT2D eigenvalue weighted by Gasteiger charge is 2.13. The summed E-state index contributed by atoms with van der Waals surface area (Å²) in [7, 11) is -3.26. The minimum atomic E-state index is -3.26. The van der Waals surface area contributed by atoms with Gasteiger partial charge in [-0.1, -0.05) is 24.3 Å². The second-order valence-electron chi connectivity index (χ2n) is 5.30. The van der Waals surface area contributed by atoms with Gasteiger partial charge in [-0.3, -0.25) is 4.79 Å². The van der Waals surface area contributed by atoms with E-state index < -0.39 is 9.84 Å². The molecule has 2 aromatic carbocycles. The largest absolute Gasteiger partial charge is 0.305 e. The Morgan fingerprint density at radius 3 is 2.30 bits per heavy atom. The third-order valence-corrected chi connectivity index (χ3v) is 4.85. The normalized spacial score (nSPS) is 11.7. The van der Waals surface area contributed by atoms with Crippen LogP contribution < -0.4 is 5.56 Å². The zero-order valence-electron chi connectivity index (χ0n) is 12.9. The molecular formula is C17H16N2O3S. The number of para-hydroxylation sites is 2. The van der Waals surface area contributed by atoms with Crippen molar-refractivity contribution < 1.29 is 8.42 Å². The molecule has 0 aliphatic carbocycles. The van der Waals surface area contributed by atoms with Gasteiger partial charge >= 0.3 is 0 Å². The van der Waals surface area contributed by atoms with E-state index in [0.29, 0.717) is 17.8 Å². The molecule has 0 saturated carbocycles. The van der Waals surface area contributed by atoms with Crippen molar-refractivity contribution in [2.24, 2.45) is 0 Å². The van der Waals surface area contributed by atoms with E-state index in [4.69, 9.17) is 0 Å². The number of rotatable bonds is 3. The average Bonchev–Trinajstić information content (AvgIpc) is 2.54. The quantitative estimate of drug-likeness (QED) is 0.741. The lowest BCUT2D eigenvalue weighted by Crippen LogP contribution is -2.22. The Balaban J connectivity index is 2.24. The van der Waals surface area contributed by atoms with Gasteiger partial charge in [-0.15, -0.1) is 0 Å². The van der Waals surface area contributed by atoms with Gasteiger partial charge in [0.2, 0.25) is 0 Å². The van der Waals surface area contributed by atoms with Crippen LogP contribution in [0.25, 0.3) is 22.3 Å². The van der Waals surface area contributed by atoms with E-state index in [1.807, 2.05) is 31.2 Å². The predicted octanol–water partition coefficient (Wildman–Crippen LogP) is 2.49. The fourth-order valence-electron chi connectivity index (χ4n) is 2.55. The van der Waals surface area contributed by atoms with Crippen LogP contribution in [0.2, 0.25) is 0 Å². The van der Waals surface area contributed by atoms with Crippen molar-refractivity contribution in [3.8, 4) is 11.3 Å². The molecule has 3 aromatic rings. The van der Waals surface area contributed by atoms with E-state index in [0.717, 1.165) is 17.3 Å². The second kappa shape index (κ2) is 5.62. The van der Waals surface area contributed by atoms with Gasteiger partial charge in [-0.2, -0.15) is 0 Å². The minimum Gasteiger partial charge on any atom is -0.305 e. The fourth-order valence-corrected chi connectivity index (χ4v) is 3.18. The lowest BCUT2D eigenvalue weighted by Gasteiger charge is -2.10. The Labute approximate surface area is 134 Å². The van der Waals surface area contributed by atoms with Crippen LogP contribution in [-0.4, -0.2) is 24.2 Å². The van der Waals surface area contributed by atoms with Crippen LogP contribution in [-0.2, 0) is 16.4 Å². The maximum Gasteiger partial charge on any atom is 0.277 e. The molecule has 23 heavy (non-hydrogen) atoms. The van der Waals surface area contributed by atoms with Crippen LogP contribution in [0.5, 0.6) is 0 Å². The maximum atomic E-state index is 12.7. The van der Waals surface area contributed by atoms with E-state index >= 15 is 0 Å². The number of aromatic nitrogens is 2. The van der Waals surface area contributed by atoms with E-state index in [1.165, 1.54) is 12.1 Å². The molecule has 1 heterocycles. The smallest absolute Gasteiger partial charge is 0.277 e. The lowest BCUT2D eigenvalue weighted by molar-refractivity contribution is 0.602. The molecule has 0 unspecified atom stereocenters. The van der Waals surface area contributed by atoms with E-state index in [1.54, 1.807) is 16.7 Å². The zero-order valence-corrected chi connectivity index (χ0v) is 13.7. The van der Waals surface area contributed by atoms with Gasteiger partial charge in [0, 0.05) is 18.4 Å². The van der Waals surface area contributed by atoms with Gasteiger partial charge in [-0.05, 0) is 31.2 Å². The van der Waals surface area contributed by atoms with Crippen LogP contribution in [0, 0.1) is 0 Å². The molecule has 3 rings (SSSR count). The molecule has 0 radical (unpaired) electrons. The Kier molecular flexibility index (Phi) is 3.77. The van der Waals surface area contributed by atoms with Crippen molar-refractivity contribution in [2.75, 3.05) is 6.26 Å². The van der Waals surface area contributed by atoms with Crippen molar-refractivity contribution >= 4 is 20.9 Å². The van der Waals surface area contributed by atoms with Crippen LogP contribution in [0.15, 0.2) is 58.2 Å². The van der Waals surface area contributed by atoms with Gasteiger partial charge in [0.05, 0.1) is 15.9 Å². The van der Waals surface area contributed by atoms with E-state index in [2.05, 4.69) is 4.98 Å². The van der Waals surface area contributed by atoms with Gasteiger partial charge in [0.15, 0.2) is 9.84 Å². The van der Waals surface area contributed by atoms with Crippen molar-refractivity contribution in [3.05, 3.63) is 58.9 Å². The maximum absolute atomic E-state index is 12.7. The van der Waals surface area contributed by atoms with Crippen molar-refractivity contribution in [3.63, 3.8) is 0 Å². The zero-order chi connectivity index (χ0) is 16.6. The fraction of sp³-hybridized carbons (Fsp3) is 0.176. The SMILES string of the molecule is CCn1c(=O)c(-c2ccc(S(C)(=O)=O)cc2)nc2ccccc21. The van der Waals surface area contributed by atoms with E-state index in [9.17, 15) is 13.2 Å². The Bertz CT molecular complexity index is 1040. The third-order valence-electron chi connectivity index (χ3n) is 3.72. The van der Waals surface area contributed by atoms with Gasteiger partial charge in [-0.25, -0.2) is 13.4 Å². The molecule has 0 aliphatic heterocycles. The molecule has 118 valence electrons. The highest BCUT2D eigenvalue weighted by Crippen LogP contribution is 2.19. The van der Waals surface area contributed by atoms with Crippen LogP contribution in [0.3, 0.4) is 0 Å². The molecule has 0 aliphatic rings. The predicted molar refractivity (Wildman–Crippen MR) is 90.2 cm³/mol. The first kappa shape index (κ1) is 15.4. The lowest BCUT2D eigenvalue weighted by atomic mass is 10.1. The molecule has 0 amide bonds. The van der Waals surface area contributed by atoms with Crippen LogP contribution in [0.4, 0.5) is 0 Å². The number of sulfone groups is 1. The summed E-state index contributed by atoms with van der Waals surface area (Å²) in [6.45, 7) is 2.45. The first-order chi connectivity index (χ1) is 10.9. The van der Waals surface area contributed by atoms with Crippen molar-refractivity contribution in [2.45, 2.75) is 18.4 Å². The number of nitrogens with zero attached hydrogens (tertiary/aromatic N) is 2. The van der Waals surface area contributed by atoms with Crippen molar-refractivity contribution in [1.29, 1.82) is 0 Å². The minimum absolute atomic E-state index is 0.182. The molecule has 0 spiro atoms. The van der Waals surface area contributed by atoms with Gasteiger partial charge < -0.3 is 4.57 Å². The summed E-state index contributed by atoms with van der Waals surface area (Å²) in [4.78, 5) is 17.4. The van der Waals surface area contributed by atoms with Crippen LogP contribution >= 0.6 is 0 Å². The summed E-state index contributed by atoms with van der Waals surface area (Å²) in [6, 6.07) is 13.7. The monoisotopic (exact) mass is 328 g/mol. The summed E-state index contributed by atoms with van der Waals surface area (Å²) in [6.07, 6.45) is 1.15. The van der Waals surface area contributed by atoms with Gasteiger partial charge in [0.1, 0.15) is 5.69 Å². The molecule has 0 bridgehead atoms. The summed E-state index contributed by atoms with van der Waals surface area (Å²) in [5.41, 5.74) is 2.27. The summed E-state index contributed by atoms with van der Waals surface area (Å²) < 4.78 is 24.8. The molecule has 0 N–H and O–H groups in total. The summed E-state index contributed by atoms with van der Waals surface area (Å²) >= 11 is 0. The molecule has 1 aromatic heterocycles. The summed E-state index contributed by atoms with van der Waals surface area (Å²) in [5, 5.41) is 0. The standard InChI is InChI=1S/C17H16N2O3S/c1-3-19-15-7-5-4-6-14(15)18-16(17(19)20)12-8-10-13(11-9-12)23(2,21)22/h4-11H,3H2,1-2H3. The molecule has 5 nitrogen and oxygen atoms in total. The molecule has 6 heteroatoms. The Morgan fingerprint density at radius 1 is 1.04 bits per heavy atom. The highest BCUT2D eigenvalue weighted by atomic mass is 32.2. The first-order valence-electron chi connectivity index (χ1n) is 7.22. The molecule has 0 saturated heterocycles. The molecule has 0 atom stereocenters. The number of hydrogen-bond donors (Lipinski definition) is 0. The Morgan fingerprint density at radius 2 is 1.70 bits per heavy atom. The highest BCUT2D eigenvalue weighted by molar-refractivity contribution is 7.90. The van der Waals surface area contributed by atoms with E-state index in [-0.39, 0.29) is 10.5 Å².